The van der Waals surface area contributed by atoms with Crippen molar-refractivity contribution in [3.8, 4) is 0 Å². The Bertz CT molecular complexity index is 437. The molecule has 1 aromatic rings. The van der Waals surface area contributed by atoms with Crippen LogP contribution < -0.4 is 10.6 Å². The molecule has 0 aromatic heterocycles. The SMILES string of the molecule is COCCN(CC(C)C)c1cc(Cl)ccc1C(N)=S. The van der Waals surface area contributed by atoms with Crippen LogP contribution in [0.15, 0.2) is 18.2 Å². The minimum absolute atomic E-state index is 0.387. The third-order valence-electron chi connectivity index (χ3n) is 2.72. The van der Waals surface area contributed by atoms with Crippen molar-refractivity contribution in [3.05, 3.63) is 28.8 Å². The molecule has 0 bridgehead atoms. The van der Waals surface area contributed by atoms with E-state index in [4.69, 9.17) is 34.3 Å². The molecule has 0 saturated carbocycles. The van der Waals surface area contributed by atoms with Crippen LogP contribution in [0, 0.1) is 5.92 Å². The lowest BCUT2D eigenvalue weighted by Crippen LogP contribution is -2.32. The average molecular weight is 301 g/mol. The van der Waals surface area contributed by atoms with Gasteiger partial charge in [-0.2, -0.15) is 0 Å². The fourth-order valence-electron chi connectivity index (χ4n) is 1.93. The molecule has 1 aromatic carbocycles. The van der Waals surface area contributed by atoms with E-state index in [1.54, 1.807) is 7.11 Å². The summed E-state index contributed by atoms with van der Waals surface area (Å²) in [6, 6.07) is 5.59. The molecule has 2 N–H and O–H groups in total. The van der Waals surface area contributed by atoms with Crippen LogP contribution in [-0.4, -0.2) is 31.8 Å². The van der Waals surface area contributed by atoms with Crippen molar-refractivity contribution in [2.75, 3.05) is 31.7 Å². The first-order valence-electron chi connectivity index (χ1n) is 6.29. The minimum atomic E-state index is 0.387. The van der Waals surface area contributed by atoms with Gasteiger partial charge in [0.05, 0.1) is 6.61 Å². The molecule has 0 saturated heterocycles. The van der Waals surface area contributed by atoms with Gasteiger partial charge in [0.25, 0.3) is 0 Å². The maximum atomic E-state index is 6.09. The van der Waals surface area contributed by atoms with E-state index in [9.17, 15) is 0 Å². The number of benzene rings is 1. The van der Waals surface area contributed by atoms with Gasteiger partial charge in [-0.3, -0.25) is 0 Å². The first-order chi connectivity index (χ1) is 8.95. The van der Waals surface area contributed by atoms with Crippen molar-refractivity contribution in [1.29, 1.82) is 0 Å². The molecule has 0 aliphatic carbocycles. The first-order valence-corrected chi connectivity index (χ1v) is 7.07. The van der Waals surface area contributed by atoms with Crippen LogP contribution in [0.1, 0.15) is 19.4 Å². The van der Waals surface area contributed by atoms with E-state index >= 15 is 0 Å². The van der Waals surface area contributed by atoms with Crippen molar-refractivity contribution in [2.45, 2.75) is 13.8 Å². The summed E-state index contributed by atoms with van der Waals surface area (Å²) in [5, 5.41) is 0.682. The van der Waals surface area contributed by atoms with Crippen molar-refractivity contribution in [3.63, 3.8) is 0 Å². The molecule has 0 amide bonds. The summed E-state index contributed by atoms with van der Waals surface area (Å²) in [5.41, 5.74) is 7.63. The molecule has 0 spiro atoms. The van der Waals surface area contributed by atoms with E-state index < -0.39 is 0 Å². The van der Waals surface area contributed by atoms with Gasteiger partial charge < -0.3 is 15.4 Å². The van der Waals surface area contributed by atoms with Crippen molar-refractivity contribution in [1.82, 2.24) is 0 Å². The number of anilines is 1. The van der Waals surface area contributed by atoms with E-state index in [0.29, 0.717) is 22.5 Å². The van der Waals surface area contributed by atoms with Crippen LogP contribution in [0.2, 0.25) is 5.02 Å². The standard InChI is InChI=1S/C14H21ClN2OS/c1-10(2)9-17(6-7-18-3)13-8-11(15)4-5-12(13)14(16)19/h4-5,8,10H,6-7,9H2,1-3H3,(H2,16,19). The van der Waals surface area contributed by atoms with E-state index in [-0.39, 0.29) is 0 Å². The Labute approximate surface area is 125 Å². The monoisotopic (exact) mass is 300 g/mol. The molecule has 5 heteroatoms. The number of halogens is 1. The lowest BCUT2D eigenvalue weighted by Gasteiger charge is -2.28. The fraction of sp³-hybridized carbons (Fsp3) is 0.500. The summed E-state index contributed by atoms with van der Waals surface area (Å²) in [6.45, 7) is 6.68. The molecule has 19 heavy (non-hydrogen) atoms. The number of nitrogens with two attached hydrogens (primary N) is 1. The second kappa shape index (κ2) is 7.68. The Balaban J connectivity index is 3.11. The van der Waals surface area contributed by atoms with Gasteiger partial charge in [0, 0.05) is 36.5 Å². The molecule has 0 unspecified atom stereocenters. The van der Waals surface area contributed by atoms with Gasteiger partial charge in [0.15, 0.2) is 0 Å². The molecule has 0 radical (unpaired) electrons. The summed E-state index contributed by atoms with van der Waals surface area (Å²) in [7, 11) is 1.69. The van der Waals surface area contributed by atoms with E-state index in [1.807, 2.05) is 18.2 Å². The first kappa shape index (κ1) is 16.2. The minimum Gasteiger partial charge on any atom is -0.389 e. The molecular formula is C14H21ClN2OS. The van der Waals surface area contributed by atoms with Gasteiger partial charge in [0.1, 0.15) is 4.99 Å². The fourth-order valence-corrected chi connectivity index (χ4v) is 2.27. The second-order valence-electron chi connectivity index (χ2n) is 4.86. The summed E-state index contributed by atoms with van der Waals surface area (Å²) < 4.78 is 5.17. The van der Waals surface area contributed by atoms with Crippen molar-refractivity contribution in [2.24, 2.45) is 11.7 Å². The van der Waals surface area contributed by atoms with Crippen LogP contribution in [0.5, 0.6) is 0 Å². The average Bonchev–Trinajstić information content (AvgIpc) is 2.33. The lowest BCUT2D eigenvalue weighted by atomic mass is 10.1. The van der Waals surface area contributed by atoms with Gasteiger partial charge in [-0.25, -0.2) is 0 Å². The zero-order chi connectivity index (χ0) is 14.4. The zero-order valence-electron chi connectivity index (χ0n) is 11.6. The molecule has 0 aliphatic rings. The van der Waals surface area contributed by atoms with Crippen molar-refractivity contribution < 1.29 is 4.74 Å². The Morgan fingerprint density at radius 2 is 2.16 bits per heavy atom. The highest BCUT2D eigenvalue weighted by atomic mass is 35.5. The molecule has 0 fully saturated rings. The molecule has 106 valence electrons. The molecular weight excluding hydrogens is 280 g/mol. The normalized spacial score (nSPS) is 10.8. The quantitative estimate of drug-likeness (QED) is 0.786. The molecule has 1 rings (SSSR count). The van der Waals surface area contributed by atoms with Gasteiger partial charge in [-0.15, -0.1) is 0 Å². The van der Waals surface area contributed by atoms with Crippen LogP contribution >= 0.6 is 23.8 Å². The van der Waals surface area contributed by atoms with Crippen LogP contribution in [-0.2, 0) is 4.74 Å². The van der Waals surface area contributed by atoms with Gasteiger partial charge in [-0.1, -0.05) is 37.7 Å². The Hall–Kier alpha value is -0.840. The molecule has 0 aliphatic heterocycles. The number of methoxy groups -OCH3 is 1. The summed E-state index contributed by atoms with van der Waals surface area (Å²) in [5.74, 6) is 0.523. The summed E-state index contributed by atoms with van der Waals surface area (Å²) >= 11 is 11.2. The summed E-state index contributed by atoms with van der Waals surface area (Å²) in [4.78, 5) is 2.60. The summed E-state index contributed by atoms with van der Waals surface area (Å²) in [6.07, 6.45) is 0. The highest BCUT2D eigenvalue weighted by Gasteiger charge is 2.14. The Morgan fingerprint density at radius 3 is 2.68 bits per heavy atom. The second-order valence-corrected chi connectivity index (χ2v) is 5.73. The van der Waals surface area contributed by atoms with Gasteiger partial charge in [0.2, 0.25) is 0 Å². The van der Waals surface area contributed by atoms with Crippen LogP contribution in [0.25, 0.3) is 0 Å². The third-order valence-corrected chi connectivity index (χ3v) is 3.17. The number of hydrogen-bond donors (Lipinski definition) is 1. The number of nitrogens with zero attached hydrogens (tertiary/aromatic N) is 1. The van der Waals surface area contributed by atoms with Crippen LogP contribution in [0.4, 0.5) is 5.69 Å². The topological polar surface area (TPSA) is 38.5 Å². The number of ether oxygens (including phenoxy) is 1. The maximum Gasteiger partial charge on any atom is 0.106 e. The third kappa shape index (κ3) is 4.97. The lowest BCUT2D eigenvalue weighted by molar-refractivity contribution is 0.204. The van der Waals surface area contributed by atoms with Crippen molar-refractivity contribution >= 4 is 34.5 Å². The predicted octanol–water partition coefficient (Wildman–Crippen LogP) is 3.08. The van der Waals surface area contributed by atoms with Gasteiger partial charge >= 0.3 is 0 Å². The Kier molecular flexibility index (Phi) is 6.55. The van der Waals surface area contributed by atoms with Crippen LogP contribution in [0.3, 0.4) is 0 Å². The highest BCUT2D eigenvalue weighted by molar-refractivity contribution is 7.80. The highest BCUT2D eigenvalue weighted by Crippen LogP contribution is 2.25. The number of rotatable bonds is 7. The number of hydrogen-bond acceptors (Lipinski definition) is 3. The van der Waals surface area contributed by atoms with Gasteiger partial charge in [-0.05, 0) is 24.1 Å². The van der Waals surface area contributed by atoms with E-state index in [2.05, 4.69) is 18.7 Å². The maximum absolute atomic E-state index is 6.09. The predicted molar refractivity (Wildman–Crippen MR) is 86.3 cm³/mol. The number of thiocarbonyl (C=S) groups is 1. The molecule has 0 atom stereocenters. The molecule has 0 heterocycles. The van der Waals surface area contributed by atoms with E-state index in [0.717, 1.165) is 24.3 Å². The Morgan fingerprint density at radius 1 is 1.47 bits per heavy atom. The molecule has 3 nitrogen and oxygen atoms in total. The largest absolute Gasteiger partial charge is 0.389 e. The van der Waals surface area contributed by atoms with E-state index in [1.165, 1.54) is 0 Å². The zero-order valence-corrected chi connectivity index (χ0v) is 13.2. The smallest absolute Gasteiger partial charge is 0.106 e.